The van der Waals surface area contributed by atoms with Gasteiger partial charge in [0.1, 0.15) is 6.04 Å². The molecule has 1 aliphatic rings. The van der Waals surface area contributed by atoms with Crippen molar-refractivity contribution in [2.45, 2.75) is 25.4 Å². The number of thiazole rings is 1. The zero-order valence-corrected chi connectivity index (χ0v) is 13.9. The molecule has 9 nitrogen and oxygen atoms in total. The van der Waals surface area contributed by atoms with E-state index in [9.17, 15) is 9.59 Å². The number of likely N-dealkylation sites (tertiary alicyclic amines) is 1. The molecule has 0 aromatic carbocycles. The lowest BCUT2D eigenvalue weighted by molar-refractivity contribution is -0.130. The van der Waals surface area contributed by atoms with Gasteiger partial charge in [-0.3, -0.25) is 9.59 Å². The van der Waals surface area contributed by atoms with Gasteiger partial charge in [0, 0.05) is 31.7 Å². The number of carbonyl (C=O) groups is 2. The molecule has 2 aromatic heterocycles. The Morgan fingerprint density at radius 2 is 2.46 bits per heavy atom. The highest BCUT2D eigenvalue weighted by Gasteiger charge is 2.35. The van der Waals surface area contributed by atoms with Gasteiger partial charge in [0.15, 0.2) is 10.8 Å². The van der Waals surface area contributed by atoms with Crippen LogP contribution in [-0.2, 0) is 16.1 Å². The van der Waals surface area contributed by atoms with Gasteiger partial charge < -0.3 is 19.5 Å². The third-order valence-electron chi connectivity index (χ3n) is 3.67. The van der Waals surface area contributed by atoms with Gasteiger partial charge in [-0.15, -0.1) is 11.3 Å². The molecule has 0 saturated carbocycles. The van der Waals surface area contributed by atoms with E-state index in [1.165, 1.54) is 11.3 Å². The first-order valence-electron chi connectivity index (χ1n) is 7.47. The highest BCUT2D eigenvalue weighted by Crippen LogP contribution is 2.31. The van der Waals surface area contributed by atoms with E-state index in [1.807, 2.05) is 0 Å². The molecule has 1 aliphatic heterocycles. The summed E-state index contributed by atoms with van der Waals surface area (Å²) < 4.78 is 10.3. The van der Waals surface area contributed by atoms with Crippen molar-refractivity contribution in [3.8, 4) is 0 Å². The standard InChI is InChI=1S/C14H17N5O4S/c1-22-6-5-19-9(2-3-11(19)20)13-17-10(18-23-13)8-16-12(21)14-15-4-7-24-14/h4,7,9H,2-3,5-6,8H2,1H3,(H,16,21)/t9-/m0/s1. The predicted molar refractivity (Wildman–Crippen MR) is 83.1 cm³/mol. The topological polar surface area (TPSA) is 110 Å². The minimum Gasteiger partial charge on any atom is -0.383 e. The molecule has 1 N–H and O–H groups in total. The van der Waals surface area contributed by atoms with Gasteiger partial charge in [-0.25, -0.2) is 4.98 Å². The lowest BCUT2D eigenvalue weighted by Crippen LogP contribution is -2.31. The summed E-state index contributed by atoms with van der Waals surface area (Å²) in [6.07, 6.45) is 2.65. The summed E-state index contributed by atoms with van der Waals surface area (Å²) in [6.45, 7) is 1.08. The van der Waals surface area contributed by atoms with Crippen LogP contribution >= 0.6 is 11.3 Å². The number of methoxy groups -OCH3 is 1. The zero-order chi connectivity index (χ0) is 16.9. The summed E-state index contributed by atoms with van der Waals surface area (Å²) in [5.74, 6) is 0.513. The largest absolute Gasteiger partial charge is 0.383 e. The number of nitrogens with one attached hydrogen (secondary N) is 1. The first-order valence-corrected chi connectivity index (χ1v) is 8.35. The maximum Gasteiger partial charge on any atom is 0.280 e. The highest BCUT2D eigenvalue weighted by atomic mass is 32.1. The maximum atomic E-state index is 11.9. The summed E-state index contributed by atoms with van der Waals surface area (Å²) in [5.41, 5.74) is 0. The molecule has 3 rings (SSSR count). The molecule has 24 heavy (non-hydrogen) atoms. The maximum absolute atomic E-state index is 11.9. The van der Waals surface area contributed by atoms with Crippen molar-refractivity contribution in [2.75, 3.05) is 20.3 Å². The minimum atomic E-state index is -0.283. The molecule has 2 amide bonds. The van der Waals surface area contributed by atoms with E-state index in [0.29, 0.717) is 42.7 Å². The van der Waals surface area contributed by atoms with Crippen molar-refractivity contribution in [3.63, 3.8) is 0 Å². The molecule has 2 aromatic rings. The Morgan fingerprint density at radius 3 is 3.21 bits per heavy atom. The number of nitrogens with zero attached hydrogens (tertiary/aromatic N) is 4. The van der Waals surface area contributed by atoms with E-state index >= 15 is 0 Å². The van der Waals surface area contributed by atoms with Crippen LogP contribution in [0.25, 0.3) is 0 Å². The van der Waals surface area contributed by atoms with E-state index in [1.54, 1.807) is 23.6 Å². The smallest absolute Gasteiger partial charge is 0.280 e. The second-order valence-corrected chi connectivity index (χ2v) is 6.10. The second kappa shape index (κ2) is 7.49. The summed E-state index contributed by atoms with van der Waals surface area (Å²) >= 11 is 1.26. The summed E-state index contributed by atoms with van der Waals surface area (Å²) in [6, 6.07) is -0.233. The number of carbonyl (C=O) groups excluding carboxylic acids is 2. The van der Waals surface area contributed by atoms with Gasteiger partial charge in [0.05, 0.1) is 13.2 Å². The van der Waals surface area contributed by atoms with Crippen LogP contribution in [0.3, 0.4) is 0 Å². The lowest BCUT2D eigenvalue weighted by atomic mass is 10.2. The first kappa shape index (κ1) is 16.5. The van der Waals surface area contributed by atoms with Crippen LogP contribution in [0.15, 0.2) is 16.1 Å². The van der Waals surface area contributed by atoms with Gasteiger partial charge in [0.25, 0.3) is 5.91 Å². The van der Waals surface area contributed by atoms with Crippen molar-refractivity contribution < 1.29 is 18.8 Å². The molecule has 0 unspecified atom stereocenters. The number of aromatic nitrogens is 3. The number of amides is 2. The molecule has 1 fully saturated rings. The third kappa shape index (κ3) is 3.60. The normalized spacial score (nSPS) is 17.5. The van der Waals surface area contributed by atoms with Crippen LogP contribution in [0, 0.1) is 0 Å². The van der Waals surface area contributed by atoms with Crippen molar-refractivity contribution >= 4 is 23.2 Å². The Morgan fingerprint density at radius 1 is 1.58 bits per heavy atom. The monoisotopic (exact) mass is 351 g/mol. The molecular formula is C14H17N5O4S. The number of rotatable bonds is 7. The van der Waals surface area contributed by atoms with Crippen LogP contribution in [0.2, 0.25) is 0 Å². The van der Waals surface area contributed by atoms with Crippen molar-refractivity contribution in [1.29, 1.82) is 0 Å². The van der Waals surface area contributed by atoms with Gasteiger partial charge >= 0.3 is 0 Å². The molecular weight excluding hydrogens is 334 g/mol. The Bertz CT molecular complexity index is 702. The molecule has 3 heterocycles. The molecule has 1 saturated heterocycles. The molecule has 128 valence electrons. The molecule has 0 radical (unpaired) electrons. The highest BCUT2D eigenvalue weighted by molar-refractivity contribution is 7.11. The van der Waals surface area contributed by atoms with Gasteiger partial charge in [-0.2, -0.15) is 4.98 Å². The average molecular weight is 351 g/mol. The van der Waals surface area contributed by atoms with Crippen LogP contribution in [-0.4, -0.2) is 52.1 Å². The SMILES string of the molecule is COCCN1C(=O)CC[C@H]1c1nc(CNC(=O)c2nccs2)no1. The van der Waals surface area contributed by atoms with Crippen LogP contribution in [0.5, 0.6) is 0 Å². The fourth-order valence-electron chi connectivity index (χ4n) is 2.51. The van der Waals surface area contributed by atoms with Gasteiger partial charge in [-0.05, 0) is 6.42 Å². The summed E-state index contributed by atoms with van der Waals surface area (Å²) in [4.78, 5) is 33.7. The molecule has 0 spiro atoms. The predicted octanol–water partition coefficient (Wildman–Crippen LogP) is 0.766. The minimum absolute atomic E-state index is 0.0499. The van der Waals surface area contributed by atoms with Gasteiger partial charge in [-0.1, -0.05) is 5.16 Å². The van der Waals surface area contributed by atoms with Gasteiger partial charge in [0.2, 0.25) is 11.8 Å². The van der Waals surface area contributed by atoms with Crippen LogP contribution in [0.1, 0.15) is 40.4 Å². The fourth-order valence-corrected chi connectivity index (χ4v) is 3.06. The zero-order valence-electron chi connectivity index (χ0n) is 13.1. The average Bonchev–Trinajstić information content (AvgIpc) is 3.32. The van der Waals surface area contributed by atoms with E-state index < -0.39 is 0 Å². The van der Waals surface area contributed by atoms with Crippen molar-refractivity contribution in [3.05, 3.63) is 28.3 Å². The fraction of sp³-hybridized carbons (Fsp3) is 0.500. The number of hydrogen-bond acceptors (Lipinski definition) is 8. The molecule has 0 aliphatic carbocycles. The number of hydrogen-bond donors (Lipinski definition) is 1. The van der Waals surface area contributed by atoms with E-state index in [0.717, 1.165) is 0 Å². The van der Waals surface area contributed by atoms with Crippen LogP contribution < -0.4 is 5.32 Å². The molecule has 10 heteroatoms. The first-order chi connectivity index (χ1) is 11.7. The summed E-state index contributed by atoms with van der Waals surface area (Å²) in [5, 5.41) is 8.66. The molecule has 1 atom stereocenters. The van der Waals surface area contributed by atoms with Crippen molar-refractivity contribution in [2.24, 2.45) is 0 Å². The van der Waals surface area contributed by atoms with E-state index in [2.05, 4.69) is 20.4 Å². The van der Waals surface area contributed by atoms with E-state index in [-0.39, 0.29) is 24.4 Å². The Hall–Kier alpha value is -2.33. The Kier molecular flexibility index (Phi) is 5.16. The second-order valence-electron chi connectivity index (χ2n) is 5.20. The summed E-state index contributed by atoms with van der Waals surface area (Å²) in [7, 11) is 1.59. The Labute approximate surface area is 142 Å². The van der Waals surface area contributed by atoms with E-state index in [4.69, 9.17) is 9.26 Å². The van der Waals surface area contributed by atoms with Crippen molar-refractivity contribution in [1.82, 2.24) is 25.3 Å². The number of ether oxygens (including phenoxy) is 1. The molecule has 0 bridgehead atoms. The Balaban J connectivity index is 1.60. The lowest BCUT2D eigenvalue weighted by Gasteiger charge is -2.21. The quantitative estimate of drug-likeness (QED) is 0.784. The van der Waals surface area contributed by atoms with Crippen LogP contribution in [0.4, 0.5) is 0 Å². The third-order valence-corrected chi connectivity index (χ3v) is 4.44.